The van der Waals surface area contributed by atoms with Crippen LogP contribution in [0.1, 0.15) is 12.5 Å². The monoisotopic (exact) mass is 392 g/mol. The van der Waals surface area contributed by atoms with Crippen LogP contribution in [0.3, 0.4) is 0 Å². The Morgan fingerprint density at radius 3 is 2.52 bits per heavy atom. The van der Waals surface area contributed by atoms with E-state index in [1.54, 1.807) is 30.3 Å². The molecule has 1 N–H and O–H groups in total. The van der Waals surface area contributed by atoms with Crippen molar-refractivity contribution in [2.75, 3.05) is 11.9 Å². The predicted molar refractivity (Wildman–Crippen MR) is 105 cm³/mol. The smallest absolute Gasteiger partial charge is 0.272 e. The number of hydrogen-bond acceptors (Lipinski definition) is 5. The number of carbonyl (C=O) groups is 1. The average Bonchev–Trinajstić information content (AvgIpc) is 2.72. The van der Waals surface area contributed by atoms with Gasteiger partial charge in [-0.2, -0.15) is 5.26 Å². The highest BCUT2D eigenvalue weighted by molar-refractivity contribution is 5.90. The molecule has 29 heavy (non-hydrogen) atoms. The lowest BCUT2D eigenvalue weighted by Gasteiger charge is -2.13. The number of benzene rings is 2. The summed E-state index contributed by atoms with van der Waals surface area (Å²) in [4.78, 5) is 29.2. The van der Waals surface area contributed by atoms with Crippen LogP contribution in [0.4, 0.5) is 10.1 Å². The van der Waals surface area contributed by atoms with Crippen LogP contribution in [0, 0.1) is 17.1 Å². The third-order valence-electron chi connectivity index (χ3n) is 4.02. The quantitative estimate of drug-likeness (QED) is 0.696. The third-order valence-corrected chi connectivity index (χ3v) is 4.02. The van der Waals surface area contributed by atoms with Gasteiger partial charge in [-0.15, -0.1) is 0 Å². The van der Waals surface area contributed by atoms with Gasteiger partial charge in [-0.3, -0.25) is 14.2 Å². The molecule has 0 saturated heterocycles. The standard InChI is InChI=1S/C21H17FN4O3/c1-2-29-18-9-7-17(8-10-18)25-19(27)13-26-20(14-3-5-16(22)6-4-14)24-12-15(11-23)21(26)28/h3-10,12H,2,13H2,1H3,(H,25,27). The molecule has 0 radical (unpaired) electrons. The highest BCUT2D eigenvalue weighted by Gasteiger charge is 2.15. The number of rotatable bonds is 6. The van der Waals surface area contributed by atoms with E-state index in [4.69, 9.17) is 10.00 Å². The first kappa shape index (κ1) is 19.8. The lowest BCUT2D eigenvalue weighted by atomic mass is 10.2. The number of ether oxygens (including phenoxy) is 1. The zero-order chi connectivity index (χ0) is 20.8. The van der Waals surface area contributed by atoms with Crippen molar-refractivity contribution < 1.29 is 13.9 Å². The van der Waals surface area contributed by atoms with Crippen molar-refractivity contribution in [1.82, 2.24) is 9.55 Å². The van der Waals surface area contributed by atoms with Gasteiger partial charge in [0.25, 0.3) is 5.56 Å². The summed E-state index contributed by atoms with van der Waals surface area (Å²) in [6.45, 7) is 2.04. The Kier molecular flexibility index (Phi) is 6.00. The molecule has 0 saturated carbocycles. The summed E-state index contributed by atoms with van der Waals surface area (Å²) in [7, 11) is 0. The lowest BCUT2D eigenvalue weighted by Crippen LogP contribution is -2.31. The van der Waals surface area contributed by atoms with E-state index in [2.05, 4.69) is 10.3 Å². The van der Waals surface area contributed by atoms with Crippen LogP contribution in [0.25, 0.3) is 11.4 Å². The van der Waals surface area contributed by atoms with Crippen LogP contribution in [0.15, 0.2) is 59.5 Å². The van der Waals surface area contributed by atoms with Crippen LogP contribution in [0.5, 0.6) is 5.75 Å². The molecule has 0 aliphatic carbocycles. The van der Waals surface area contributed by atoms with E-state index in [1.807, 2.05) is 6.92 Å². The fourth-order valence-electron chi connectivity index (χ4n) is 2.69. The van der Waals surface area contributed by atoms with Crippen molar-refractivity contribution in [1.29, 1.82) is 5.26 Å². The molecule has 0 aliphatic heterocycles. The molecule has 1 aromatic heterocycles. The lowest BCUT2D eigenvalue weighted by molar-refractivity contribution is -0.116. The minimum absolute atomic E-state index is 0.163. The molecule has 1 heterocycles. The summed E-state index contributed by atoms with van der Waals surface area (Å²) in [6.07, 6.45) is 1.14. The van der Waals surface area contributed by atoms with Gasteiger partial charge in [-0.25, -0.2) is 9.37 Å². The number of aromatic nitrogens is 2. The van der Waals surface area contributed by atoms with E-state index in [0.717, 1.165) is 10.8 Å². The fraction of sp³-hybridized carbons (Fsp3) is 0.143. The molecule has 3 rings (SSSR count). The number of hydrogen-bond donors (Lipinski definition) is 1. The fourth-order valence-corrected chi connectivity index (χ4v) is 2.69. The molecular formula is C21H17FN4O3. The third kappa shape index (κ3) is 4.65. The highest BCUT2D eigenvalue weighted by Crippen LogP contribution is 2.18. The number of anilines is 1. The molecular weight excluding hydrogens is 375 g/mol. The van der Waals surface area contributed by atoms with Gasteiger partial charge in [0.15, 0.2) is 0 Å². The summed E-state index contributed by atoms with van der Waals surface area (Å²) in [6, 6.07) is 13.9. The van der Waals surface area contributed by atoms with Gasteiger partial charge in [0.2, 0.25) is 5.91 Å². The van der Waals surface area contributed by atoms with Crippen molar-refractivity contribution in [3.8, 4) is 23.2 Å². The molecule has 0 bridgehead atoms. The minimum Gasteiger partial charge on any atom is -0.494 e. The van der Waals surface area contributed by atoms with Crippen molar-refractivity contribution in [2.24, 2.45) is 0 Å². The van der Waals surface area contributed by atoms with E-state index in [1.165, 1.54) is 24.3 Å². The van der Waals surface area contributed by atoms with Gasteiger partial charge in [-0.1, -0.05) is 0 Å². The Bertz CT molecular complexity index is 1120. The molecule has 3 aromatic rings. The normalized spacial score (nSPS) is 10.2. The summed E-state index contributed by atoms with van der Waals surface area (Å²) < 4.78 is 19.7. The highest BCUT2D eigenvalue weighted by atomic mass is 19.1. The number of nitriles is 1. The van der Waals surface area contributed by atoms with E-state index in [-0.39, 0.29) is 17.9 Å². The van der Waals surface area contributed by atoms with Crippen LogP contribution < -0.4 is 15.6 Å². The second-order valence-corrected chi connectivity index (χ2v) is 6.01. The zero-order valence-electron chi connectivity index (χ0n) is 15.6. The number of amides is 1. The number of nitrogens with zero attached hydrogens (tertiary/aromatic N) is 3. The van der Waals surface area contributed by atoms with Gasteiger partial charge in [0.05, 0.1) is 12.8 Å². The Balaban J connectivity index is 1.88. The number of halogens is 1. The summed E-state index contributed by atoms with van der Waals surface area (Å²) in [5, 5.41) is 11.8. The van der Waals surface area contributed by atoms with Crippen LogP contribution >= 0.6 is 0 Å². The van der Waals surface area contributed by atoms with E-state index in [9.17, 15) is 14.0 Å². The first-order chi connectivity index (χ1) is 14.0. The number of carbonyl (C=O) groups excluding carboxylic acids is 1. The second-order valence-electron chi connectivity index (χ2n) is 6.01. The Hall–Kier alpha value is -3.99. The van der Waals surface area contributed by atoms with E-state index in [0.29, 0.717) is 23.6 Å². The Morgan fingerprint density at radius 1 is 1.21 bits per heavy atom. The molecule has 0 fully saturated rings. The van der Waals surface area contributed by atoms with Gasteiger partial charge < -0.3 is 10.1 Å². The van der Waals surface area contributed by atoms with Crippen molar-refractivity contribution in [3.63, 3.8) is 0 Å². The second kappa shape index (κ2) is 8.80. The van der Waals surface area contributed by atoms with Gasteiger partial charge in [-0.05, 0) is 55.5 Å². The van der Waals surface area contributed by atoms with Crippen LogP contribution in [-0.4, -0.2) is 22.1 Å². The first-order valence-electron chi connectivity index (χ1n) is 8.80. The van der Waals surface area contributed by atoms with Gasteiger partial charge >= 0.3 is 0 Å². The maximum absolute atomic E-state index is 13.2. The SMILES string of the molecule is CCOc1ccc(NC(=O)Cn2c(-c3ccc(F)cc3)ncc(C#N)c2=O)cc1. The summed E-state index contributed by atoms with van der Waals surface area (Å²) >= 11 is 0. The van der Waals surface area contributed by atoms with E-state index >= 15 is 0 Å². The van der Waals surface area contributed by atoms with Gasteiger partial charge in [0.1, 0.15) is 35.6 Å². The molecule has 1 amide bonds. The van der Waals surface area contributed by atoms with Crippen molar-refractivity contribution in [3.05, 3.63) is 76.5 Å². The average molecular weight is 392 g/mol. The summed E-state index contributed by atoms with van der Waals surface area (Å²) in [5.74, 6) is -0.0804. The molecule has 8 heteroatoms. The van der Waals surface area contributed by atoms with Crippen LogP contribution in [0.2, 0.25) is 0 Å². The molecule has 146 valence electrons. The predicted octanol–water partition coefficient (Wildman–Crippen LogP) is 2.96. The minimum atomic E-state index is -0.649. The molecule has 0 atom stereocenters. The van der Waals surface area contributed by atoms with E-state index < -0.39 is 17.3 Å². The molecule has 0 aliphatic rings. The maximum Gasteiger partial charge on any atom is 0.272 e. The van der Waals surface area contributed by atoms with Gasteiger partial charge in [0, 0.05) is 11.3 Å². The first-order valence-corrected chi connectivity index (χ1v) is 8.80. The Morgan fingerprint density at radius 2 is 1.90 bits per heavy atom. The molecule has 2 aromatic carbocycles. The van der Waals surface area contributed by atoms with Crippen molar-refractivity contribution in [2.45, 2.75) is 13.5 Å². The molecule has 0 spiro atoms. The topological polar surface area (TPSA) is 97.0 Å². The zero-order valence-corrected chi connectivity index (χ0v) is 15.6. The maximum atomic E-state index is 13.2. The largest absolute Gasteiger partial charge is 0.494 e. The number of nitrogens with one attached hydrogen (secondary N) is 1. The molecule has 0 unspecified atom stereocenters. The van der Waals surface area contributed by atoms with Crippen LogP contribution in [-0.2, 0) is 11.3 Å². The molecule has 7 nitrogen and oxygen atoms in total. The Labute approximate surface area is 166 Å². The summed E-state index contributed by atoms with van der Waals surface area (Å²) in [5.41, 5.74) is 0.134. The van der Waals surface area contributed by atoms with Crippen molar-refractivity contribution >= 4 is 11.6 Å².